The summed E-state index contributed by atoms with van der Waals surface area (Å²) in [5.74, 6) is -2.04. The second kappa shape index (κ2) is 7.92. The van der Waals surface area contributed by atoms with E-state index in [9.17, 15) is 14.4 Å². The lowest BCUT2D eigenvalue weighted by Crippen LogP contribution is -2.22. The maximum Gasteiger partial charge on any atom is 0.374 e. The Morgan fingerprint density at radius 1 is 1.07 bits per heavy atom. The van der Waals surface area contributed by atoms with Crippen LogP contribution in [0.4, 0.5) is 5.69 Å². The Labute approximate surface area is 158 Å². The molecule has 0 saturated heterocycles. The average molecular weight is 388 g/mol. The third kappa shape index (κ3) is 4.27. The van der Waals surface area contributed by atoms with Gasteiger partial charge in [-0.15, -0.1) is 0 Å². The van der Waals surface area contributed by atoms with Gasteiger partial charge in [-0.05, 0) is 36.4 Å². The van der Waals surface area contributed by atoms with Crippen molar-refractivity contribution < 1.29 is 28.3 Å². The number of amides is 1. The molecule has 1 amide bonds. The van der Waals surface area contributed by atoms with Crippen LogP contribution in [-0.2, 0) is 14.3 Å². The Morgan fingerprint density at radius 2 is 1.85 bits per heavy atom. The minimum Gasteiger partial charge on any atom is -0.465 e. The standard InChI is InChI=1S/C19H14ClNO6/c1-25-18(23)13-4-2-3-5-14(13)21-17(22)10-26-19(24)16-9-11-8-12(20)6-7-15(11)27-16/h2-9H,10H2,1H3,(H,21,22). The summed E-state index contributed by atoms with van der Waals surface area (Å²) in [4.78, 5) is 35.8. The Balaban J connectivity index is 1.63. The van der Waals surface area contributed by atoms with Gasteiger partial charge >= 0.3 is 11.9 Å². The monoisotopic (exact) mass is 387 g/mol. The first kappa shape index (κ1) is 18.5. The van der Waals surface area contributed by atoms with Crippen LogP contribution in [0.5, 0.6) is 0 Å². The maximum absolute atomic E-state index is 12.1. The summed E-state index contributed by atoms with van der Waals surface area (Å²) in [5, 5.41) is 3.65. The van der Waals surface area contributed by atoms with Gasteiger partial charge in [0.15, 0.2) is 6.61 Å². The number of carbonyl (C=O) groups is 3. The molecule has 0 atom stereocenters. The van der Waals surface area contributed by atoms with Crippen molar-refractivity contribution >= 4 is 46.1 Å². The molecule has 0 saturated carbocycles. The number of hydrogen-bond acceptors (Lipinski definition) is 6. The number of esters is 2. The molecular formula is C19H14ClNO6. The number of benzene rings is 2. The topological polar surface area (TPSA) is 94.8 Å². The zero-order chi connectivity index (χ0) is 19.4. The predicted molar refractivity (Wildman–Crippen MR) is 97.9 cm³/mol. The van der Waals surface area contributed by atoms with Gasteiger partial charge in [0, 0.05) is 10.4 Å². The third-order valence-electron chi connectivity index (χ3n) is 3.62. The van der Waals surface area contributed by atoms with E-state index in [1.54, 1.807) is 30.3 Å². The van der Waals surface area contributed by atoms with Crippen molar-refractivity contribution in [3.8, 4) is 0 Å². The van der Waals surface area contributed by atoms with Crippen LogP contribution in [0.15, 0.2) is 52.9 Å². The molecule has 0 unspecified atom stereocenters. The summed E-state index contributed by atoms with van der Waals surface area (Å²) in [5.41, 5.74) is 0.917. The van der Waals surface area contributed by atoms with E-state index in [0.29, 0.717) is 16.0 Å². The number of rotatable bonds is 5. The molecular weight excluding hydrogens is 374 g/mol. The summed E-state index contributed by atoms with van der Waals surface area (Å²) in [7, 11) is 1.24. The van der Waals surface area contributed by atoms with E-state index < -0.39 is 24.5 Å². The van der Waals surface area contributed by atoms with E-state index in [1.807, 2.05) is 0 Å². The van der Waals surface area contributed by atoms with Gasteiger partial charge < -0.3 is 19.2 Å². The van der Waals surface area contributed by atoms with Gasteiger partial charge in [-0.25, -0.2) is 9.59 Å². The molecule has 2 aromatic carbocycles. The van der Waals surface area contributed by atoms with Crippen LogP contribution in [0.2, 0.25) is 5.02 Å². The molecule has 8 heteroatoms. The zero-order valence-corrected chi connectivity index (χ0v) is 14.9. The normalized spacial score (nSPS) is 10.4. The van der Waals surface area contributed by atoms with E-state index in [0.717, 1.165) is 0 Å². The lowest BCUT2D eigenvalue weighted by molar-refractivity contribution is -0.119. The minimum absolute atomic E-state index is 0.0463. The number of hydrogen-bond donors (Lipinski definition) is 1. The first-order valence-electron chi connectivity index (χ1n) is 7.81. The largest absolute Gasteiger partial charge is 0.465 e. The van der Waals surface area contributed by atoms with Crippen molar-refractivity contribution in [3.05, 3.63) is 64.9 Å². The fourth-order valence-corrected chi connectivity index (χ4v) is 2.56. The second-order valence-electron chi connectivity index (χ2n) is 5.45. The molecule has 0 aliphatic heterocycles. The van der Waals surface area contributed by atoms with E-state index in [-0.39, 0.29) is 17.0 Å². The van der Waals surface area contributed by atoms with Gasteiger partial charge in [0.25, 0.3) is 5.91 Å². The van der Waals surface area contributed by atoms with Crippen LogP contribution in [0.25, 0.3) is 11.0 Å². The Bertz CT molecular complexity index is 1030. The first-order valence-corrected chi connectivity index (χ1v) is 8.19. The molecule has 0 radical (unpaired) electrons. The molecule has 3 rings (SSSR count). The zero-order valence-electron chi connectivity index (χ0n) is 14.2. The summed E-state index contributed by atoms with van der Waals surface area (Å²) in [6, 6.07) is 12.7. The molecule has 0 fully saturated rings. The van der Waals surface area contributed by atoms with Gasteiger partial charge in [-0.3, -0.25) is 4.79 Å². The number of para-hydroxylation sites is 1. The highest BCUT2D eigenvalue weighted by Crippen LogP contribution is 2.23. The highest BCUT2D eigenvalue weighted by Gasteiger charge is 2.17. The third-order valence-corrected chi connectivity index (χ3v) is 3.86. The molecule has 0 aliphatic rings. The predicted octanol–water partition coefficient (Wildman–Crippen LogP) is 3.67. The number of nitrogens with one attached hydrogen (secondary N) is 1. The summed E-state index contributed by atoms with van der Waals surface area (Å²) in [6.07, 6.45) is 0. The highest BCUT2D eigenvalue weighted by atomic mass is 35.5. The van der Waals surface area contributed by atoms with Crippen LogP contribution in [0, 0.1) is 0 Å². The van der Waals surface area contributed by atoms with E-state index in [4.69, 9.17) is 20.8 Å². The fourth-order valence-electron chi connectivity index (χ4n) is 2.38. The number of carbonyl (C=O) groups excluding carboxylic acids is 3. The average Bonchev–Trinajstić information content (AvgIpc) is 3.09. The number of fused-ring (bicyclic) bond motifs is 1. The molecule has 0 bridgehead atoms. The Hall–Kier alpha value is -3.32. The van der Waals surface area contributed by atoms with Gasteiger partial charge in [-0.1, -0.05) is 23.7 Å². The molecule has 27 heavy (non-hydrogen) atoms. The number of ether oxygens (including phenoxy) is 2. The quantitative estimate of drug-likeness (QED) is 0.671. The number of methoxy groups -OCH3 is 1. The van der Waals surface area contributed by atoms with Crippen LogP contribution in [0.1, 0.15) is 20.9 Å². The second-order valence-corrected chi connectivity index (χ2v) is 5.89. The smallest absolute Gasteiger partial charge is 0.374 e. The maximum atomic E-state index is 12.1. The molecule has 3 aromatic rings. The van der Waals surface area contributed by atoms with Crippen molar-refractivity contribution in [2.75, 3.05) is 19.0 Å². The van der Waals surface area contributed by atoms with E-state index in [2.05, 4.69) is 10.1 Å². The molecule has 0 spiro atoms. The molecule has 7 nitrogen and oxygen atoms in total. The van der Waals surface area contributed by atoms with Crippen molar-refractivity contribution in [2.24, 2.45) is 0 Å². The molecule has 1 aromatic heterocycles. The van der Waals surface area contributed by atoms with E-state index >= 15 is 0 Å². The molecule has 1 heterocycles. The van der Waals surface area contributed by atoms with Crippen LogP contribution in [0.3, 0.4) is 0 Å². The van der Waals surface area contributed by atoms with E-state index in [1.165, 1.54) is 25.3 Å². The number of furan rings is 1. The number of anilines is 1. The highest BCUT2D eigenvalue weighted by molar-refractivity contribution is 6.31. The van der Waals surface area contributed by atoms with Crippen LogP contribution < -0.4 is 5.32 Å². The summed E-state index contributed by atoms with van der Waals surface area (Å²) in [6.45, 7) is -0.549. The minimum atomic E-state index is -0.793. The van der Waals surface area contributed by atoms with Gasteiger partial charge in [0.2, 0.25) is 5.76 Å². The molecule has 138 valence electrons. The summed E-state index contributed by atoms with van der Waals surface area (Å²) >= 11 is 5.89. The molecule has 1 N–H and O–H groups in total. The Morgan fingerprint density at radius 3 is 2.63 bits per heavy atom. The lowest BCUT2D eigenvalue weighted by atomic mass is 10.2. The SMILES string of the molecule is COC(=O)c1ccccc1NC(=O)COC(=O)c1cc2cc(Cl)ccc2o1. The van der Waals surface area contributed by atoms with Crippen LogP contribution >= 0.6 is 11.6 Å². The van der Waals surface area contributed by atoms with Crippen molar-refractivity contribution in [1.82, 2.24) is 0 Å². The van der Waals surface area contributed by atoms with Crippen molar-refractivity contribution in [1.29, 1.82) is 0 Å². The van der Waals surface area contributed by atoms with Crippen molar-refractivity contribution in [2.45, 2.75) is 0 Å². The first-order chi connectivity index (χ1) is 13.0. The molecule has 0 aliphatic carbocycles. The van der Waals surface area contributed by atoms with Gasteiger partial charge in [0.1, 0.15) is 5.58 Å². The van der Waals surface area contributed by atoms with Gasteiger partial charge in [-0.2, -0.15) is 0 Å². The summed E-state index contributed by atoms with van der Waals surface area (Å²) < 4.78 is 15.0. The fraction of sp³-hybridized carbons (Fsp3) is 0.105. The number of halogens is 1. The van der Waals surface area contributed by atoms with Crippen LogP contribution in [-0.4, -0.2) is 31.6 Å². The lowest BCUT2D eigenvalue weighted by Gasteiger charge is -2.09. The van der Waals surface area contributed by atoms with Crippen molar-refractivity contribution in [3.63, 3.8) is 0 Å². The van der Waals surface area contributed by atoms with Gasteiger partial charge in [0.05, 0.1) is 18.4 Å². The Kier molecular flexibility index (Phi) is 5.42.